The number of aromatic nitrogens is 1. The van der Waals surface area contributed by atoms with Gasteiger partial charge in [-0.25, -0.2) is 8.78 Å². The van der Waals surface area contributed by atoms with Gasteiger partial charge in [0.15, 0.2) is 0 Å². The van der Waals surface area contributed by atoms with Crippen molar-refractivity contribution in [2.24, 2.45) is 11.8 Å². The Bertz CT molecular complexity index is 1340. The van der Waals surface area contributed by atoms with Crippen molar-refractivity contribution in [1.29, 1.82) is 0 Å². The first-order valence-electron chi connectivity index (χ1n) is 12.3. The third-order valence-corrected chi connectivity index (χ3v) is 7.68. The highest BCUT2D eigenvalue weighted by molar-refractivity contribution is 5.80. The van der Waals surface area contributed by atoms with E-state index in [-0.39, 0.29) is 24.4 Å². The number of rotatable bonds is 5. The van der Waals surface area contributed by atoms with Crippen LogP contribution in [0.5, 0.6) is 0 Å². The second-order valence-electron chi connectivity index (χ2n) is 10.1. The quantitative estimate of drug-likeness (QED) is 0.358. The topological polar surface area (TPSA) is 32.9 Å². The summed E-state index contributed by atoms with van der Waals surface area (Å²) in [6.45, 7) is 6.76. The van der Waals surface area contributed by atoms with E-state index in [0.717, 1.165) is 66.6 Å². The average Bonchev–Trinajstić information content (AvgIpc) is 3.61. The van der Waals surface area contributed by atoms with E-state index >= 15 is 0 Å². The summed E-state index contributed by atoms with van der Waals surface area (Å²) in [4.78, 5) is 15.2. The van der Waals surface area contributed by atoms with Crippen LogP contribution < -0.4 is 5.56 Å². The lowest BCUT2D eigenvalue weighted by molar-refractivity contribution is 0.0665. The van der Waals surface area contributed by atoms with E-state index in [9.17, 15) is 13.6 Å². The van der Waals surface area contributed by atoms with Crippen LogP contribution in [-0.4, -0.2) is 10.9 Å². The Balaban J connectivity index is 0.00000289. The molecule has 34 heavy (non-hydrogen) atoms. The van der Waals surface area contributed by atoms with Crippen LogP contribution in [-0.2, 0) is 6.42 Å². The summed E-state index contributed by atoms with van der Waals surface area (Å²) < 4.78 is 28.7. The molecule has 3 aliphatic rings. The monoisotopic (exact) mass is 461 g/mol. The maximum atomic E-state index is 14.3. The number of halogens is 2. The zero-order valence-electron chi connectivity index (χ0n) is 19.9. The van der Waals surface area contributed by atoms with Gasteiger partial charge >= 0.3 is 0 Å². The van der Waals surface area contributed by atoms with E-state index in [4.69, 9.17) is 0 Å². The summed E-state index contributed by atoms with van der Waals surface area (Å²) in [5.74, 6) is -2.35. The van der Waals surface area contributed by atoms with Gasteiger partial charge in [0.2, 0.25) is 0 Å². The molecule has 2 aromatic rings. The van der Waals surface area contributed by atoms with Gasteiger partial charge in [0.25, 0.3) is 11.5 Å². The highest BCUT2D eigenvalue weighted by Crippen LogP contribution is 2.55. The van der Waals surface area contributed by atoms with E-state index in [1.54, 1.807) is 12.2 Å². The molecule has 178 valence electrons. The molecule has 1 aromatic heterocycles. The van der Waals surface area contributed by atoms with E-state index in [1.165, 1.54) is 11.1 Å². The van der Waals surface area contributed by atoms with Crippen molar-refractivity contribution in [2.45, 2.75) is 64.2 Å². The predicted molar refractivity (Wildman–Crippen MR) is 136 cm³/mol. The van der Waals surface area contributed by atoms with Crippen LogP contribution in [0, 0.1) is 11.8 Å². The fourth-order valence-electron chi connectivity index (χ4n) is 5.50. The first-order valence-corrected chi connectivity index (χ1v) is 12.3. The largest absolute Gasteiger partial charge is 0.322 e. The fraction of sp³-hybridized carbons (Fsp3) is 0.400. The number of aromatic amines is 1. The molecular weight excluding hydrogens is 428 g/mol. The maximum absolute atomic E-state index is 14.3. The van der Waals surface area contributed by atoms with Gasteiger partial charge in [-0.05, 0) is 85.1 Å². The molecule has 0 amide bonds. The molecule has 0 spiro atoms. The van der Waals surface area contributed by atoms with Crippen molar-refractivity contribution >= 4 is 10.9 Å². The fourth-order valence-corrected chi connectivity index (χ4v) is 5.50. The zero-order valence-corrected chi connectivity index (χ0v) is 19.9. The molecule has 2 nitrogen and oxygen atoms in total. The molecule has 3 unspecified atom stereocenters. The van der Waals surface area contributed by atoms with Gasteiger partial charge in [-0.2, -0.15) is 0 Å². The Morgan fingerprint density at radius 3 is 2.71 bits per heavy atom. The van der Waals surface area contributed by atoms with Gasteiger partial charge in [-0.3, -0.25) is 4.79 Å². The van der Waals surface area contributed by atoms with Gasteiger partial charge in [0.1, 0.15) is 0 Å². The number of aryl methyl sites for hydroxylation is 1. The summed E-state index contributed by atoms with van der Waals surface area (Å²) in [7, 11) is 0. The van der Waals surface area contributed by atoms with Crippen LogP contribution in [0.15, 0.2) is 81.9 Å². The van der Waals surface area contributed by atoms with Crippen molar-refractivity contribution in [3.05, 3.63) is 98.6 Å². The molecule has 1 N–H and O–H groups in total. The summed E-state index contributed by atoms with van der Waals surface area (Å²) in [6.07, 6.45) is 11.3. The first-order chi connectivity index (χ1) is 16.3. The van der Waals surface area contributed by atoms with E-state index in [2.05, 4.69) is 29.4 Å². The van der Waals surface area contributed by atoms with E-state index < -0.39 is 5.92 Å². The molecule has 0 bridgehead atoms. The van der Waals surface area contributed by atoms with Crippen LogP contribution >= 0.6 is 0 Å². The minimum atomic E-state index is -2.84. The number of allylic oxidation sites excluding steroid dienone is 7. The zero-order chi connectivity index (χ0) is 24.0. The Kier molecular flexibility index (Phi) is 5.81. The van der Waals surface area contributed by atoms with Gasteiger partial charge in [-0.15, -0.1) is 5.73 Å². The predicted octanol–water partition coefficient (Wildman–Crippen LogP) is 7.79. The van der Waals surface area contributed by atoms with Crippen LogP contribution in [0.4, 0.5) is 8.78 Å². The molecule has 1 heterocycles. The maximum Gasteiger partial charge on any atom is 0.270 e. The van der Waals surface area contributed by atoms with Crippen molar-refractivity contribution in [3.8, 4) is 0 Å². The number of nitrogens with one attached hydrogen (secondary N) is 1. The third kappa shape index (κ3) is 4.40. The Labute approximate surface area is 201 Å². The molecular formula is C30H33F2NO. The number of H-pyrrole nitrogens is 1. The third-order valence-electron chi connectivity index (χ3n) is 7.68. The molecule has 5 rings (SSSR count). The Morgan fingerprint density at radius 1 is 1.26 bits per heavy atom. The smallest absolute Gasteiger partial charge is 0.270 e. The Morgan fingerprint density at radius 2 is 2.03 bits per heavy atom. The molecule has 3 aliphatic carbocycles. The summed E-state index contributed by atoms with van der Waals surface area (Å²) in [5.41, 5.74) is 9.54. The van der Waals surface area contributed by atoms with Crippen molar-refractivity contribution in [3.63, 3.8) is 0 Å². The summed E-state index contributed by atoms with van der Waals surface area (Å²) in [5, 5.41) is 0.984. The van der Waals surface area contributed by atoms with Crippen LogP contribution in [0.3, 0.4) is 0 Å². The molecule has 2 fully saturated rings. The molecule has 3 atom stereocenters. The summed E-state index contributed by atoms with van der Waals surface area (Å²) in [6, 6.07) is 8.09. The molecule has 0 aliphatic heterocycles. The molecule has 4 heteroatoms. The molecule has 2 saturated carbocycles. The van der Waals surface area contributed by atoms with Crippen molar-refractivity contribution < 1.29 is 10.2 Å². The summed E-state index contributed by atoms with van der Waals surface area (Å²) >= 11 is 0. The van der Waals surface area contributed by atoms with Gasteiger partial charge in [-0.1, -0.05) is 48.9 Å². The number of fused-ring (bicyclic) bond motifs is 2. The van der Waals surface area contributed by atoms with E-state index in [0.29, 0.717) is 12.3 Å². The van der Waals surface area contributed by atoms with E-state index in [1.807, 2.05) is 25.1 Å². The van der Waals surface area contributed by atoms with Gasteiger partial charge in [0, 0.05) is 30.9 Å². The number of alkyl halides is 2. The van der Waals surface area contributed by atoms with Crippen LogP contribution in [0.2, 0.25) is 0 Å². The van der Waals surface area contributed by atoms with Crippen LogP contribution in [0.25, 0.3) is 10.9 Å². The van der Waals surface area contributed by atoms with Crippen molar-refractivity contribution in [2.75, 3.05) is 0 Å². The highest BCUT2D eigenvalue weighted by atomic mass is 19.3. The van der Waals surface area contributed by atoms with Gasteiger partial charge in [0.05, 0.1) is 0 Å². The minimum Gasteiger partial charge on any atom is -0.322 e. The van der Waals surface area contributed by atoms with Crippen molar-refractivity contribution in [1.82, 2.24) is 4.98 Å². The van der Waals surface area contributed by atoms with Gasteiger partial charge < -0.3 is 4.98 Å². The number of benzene rings is 1. The number of hydrogen-bond acceptors (Lipinski definition) is 1. The second kappa shape index (κ2) is 8.67. The lowest BCUT2D eigenvalue weighted by Crippen LogP contribution is -2.17. The van der Waals surface area contributed by atoms with Crippen LogP contribution in [0.1, 0.15) is 64.4 Å². The minimum absolute atomic E-state index is 0. The average molecular weight is 462 g/mol. The lowest BCUT2D eigenvalue weighted by Gasteiger charge is -2.26. The Hall–Kier alpha value is -2.97. The SMILES string of the molecule is C=C=C1CCC(=CC(C2=CC(C(C)(F)F)=CC3CC23)c2ccc3[nH]c(=O)c(CC)cc3c2)CC1.[HH]. The normalized spacial score (nSPS) is 23.1. The molecule has 0 saturated heterocycles. The molecule has 0 radical (unpaired) electrons. The second-order valence-corrected chi connectivity index (χ2v) is 10.1. The number of pyridine rings is 1. The first kappa shape index (κ1) is 22.8. The number of hydrogen-bond donors (Lipinski definition) is 1. The standard InChI is InChI=1S/C30H31F2NO.H2/c1-4-18-6-8-19(9-7-18)12-25(27-17-24(30(3,31)32)15-22-16-26(22)27)21-10-11-28-23(14-21)13-20(5-2)29(34)33-28;/h10-15,17,22,25-26H,1,5-9,16H2,2-3H3,(H,33,34);1H. The lowest BCUT2D eigenvalue weighted by atomic mass is 9.80. The molecule has 1 aromatic carbocycles. The highest BCUT2D eigenvalue weighted by Gasteiger charge is 2.45.